The molecular weight excluding hydrogens is 216 g/mol. The number of likely N-dealkylation sites (tertiary alicyclic amines) is 1. The van der Waals surface area contributed by atoms with Crippen LogP contribution in [0.15, 0.2) is 0 Å². The number of carbonyl (C=O) groups is 1. The summed E-state index contributed by atoms with van der Waals surface area (Å²) < 4.78 is 5.27. The second kappa shape index (κ2) is 6.36. The molecule has 1 amide bonds. The maximum absolute atomic E-state index is 12.0. The lowest BCUT2D eigenvalue weighted by molar-refractivity contribution is -0.128. The molecular formula is C13H24N2O2. The maximum atomic E-state index is 12.0. The van der Waals surface area contributed by atoms with Gasteiger partial charge in [-0.15, -0.1) is 0 Å². The van der Waals surface area contributed by atoms with Gasteiger partial charge in [0, 0.05) is 31.7 Å². The summed E-state index contributed by atoms with van der Waals surface area (Å²) in [6, 6.07) is 0.559. The lowest BCUT2D eigenvalue weighted by Gasteiger charge is -2.25. The zero-order chi connectivity index (χ0) is 12.1. The van der Waals surface area contributed by atoms with Crippen LogP contribution in [-0.2, 0) is 9.53 Å². The van der Waals surface area contributed by atoms with Gasteiger partial charge in [0.25, 0.3) is 0 Å². The highest BCUT2D eigenvalue weighted by atomic mass is 16.5. The van der Waals surface area contributed by atoms with Crippen LogP contribution in [0.25, 0.3) is 0 Å². The molecule has 0 radical (unpaired) electrons. The molecule has 0 spiro atoms. The molecule has 4 heteroatoms. The van der Waals surface area contributed by atoms with E-state index >= 15 is 0 Å². The minimum atomic E-state index is 0.181. The first-order valence-electron chi connectivity index (χ1n) is 6.90. The summed E-state index contributed by atoms with van der Waals surface area (Å²) in [6.07, 6.45) is 4.26. The van der Waals surface area contributed by atoms with Gasteiger partial charge in [-0.1, -0.05) is 6.92 Å². The number of ether oxygens (including phenoxy) is 1. The van der Waals surface area contributed by atoms with Gasteiger partial charge < -0.3 is 10.1 Å². The summed E-state index contributed by atoms with van der Waals surface area (Å²) in [5.74, 6) is 0.413. The molecule has 2 aliphatic rings. The second-order valence-electron chi connectivity index (χ2n) is 5.06. The normalized spacial score (nSPS) is 27.2. The van der Waals surface area contributed by atoms with Crippen LogP contribution in [0.2, 0.25) is 0 Å². The van der Waals surface area contributed by atoms with E-state index in [0.29, 0.717) is 6.04 Å². The third-order valence-electron chi connectivity index (χ3n) is 4.01. The zero-order valence-corrected chi connectivity index (χ0v) is 10.8. The number of hydrogen-bond acceptors (Lipinski definition) is 3. The molecule has 0 aromatic rings. The fourth-order valence-electron chi connectivity index (χ4n) is 2.87. The summed E-state index contributed by atoms with van der Waals surface area (Å²) in [5.41, 5.74) is 0. The molecule has 0 aliphatic carbocycles. The maximum Gasteiger partial charge on any atom is 0.223 e. The number of hydrogen-bond donors (Lipinski definition) is 1. The SMILES string of the molecule is CCN1CCCC1CNC(=O)C1CCOCC1. The number of amides is 1. The average Bonchev–Trinajstić information content (AvgIpc) is 2.84. The lowest BCUT2D eigenvalue weighted by Crippen LogP contribution is -2.42. The molecule has 2 rings (SSSR count). The van der Waals surface area contributed by atoms with Crippen molar-refractivity contribution in [1.29, 1.82) is 0 Å². The van der Waals surface area contributed by atoms with Crippen LogP contribution < -0.4 is 5.32 Å². The molecule has 4 nitrogen and oxygen atoms in total. The number of likely N-dealkylation sites (N-methyl/N-ethyl adjacent to an activating group) is 1. The van der Waals surface area contributed by atoms with Crippen LogP contribution in [-0.4, -0.2) is 49.7 Å². The molecule has 1 N–H and O–H groups in total. The van der Waals surface area contributed by atoms with Gasteiger partial charge in [-0.2, -0.15) is 0 Å². The number of rotatable bonds is 4. The summed E-state index contributed by atoms with van der Waals surface area (Å²) in [5, 5.41) is 3.12. The van der Waals surface area contributed by atoms with Crippen LogP contribution in [0.3, 0.4) is 0 Å². The molecule has 2 heterocycles. The molecule has 0 saturated carbocycles. The third-order valence-corrected chi connectivity index (χ3v) is 4.01. The Morgan fingerprint density at radius 1 is 1.35 bits per heavy atom. The van der Waals surface area contributed by atoms with Crippen LogP contribution in [0.1, 0.15) is 32.6 Å². The Labute approximate surface area is 104 Å². The van der Waals surface area contributed by atoms with E-state index in [1.807, 2.05) is 0 Å². The van der Waals surface area contributed by atoms with Crippen molar-refractivity contribution < 1.29 is 9.53 Å². The molecule has 0 aromatic carbocycles. The van der Waals surface area contributed by atoms with Crippen molar-refractivity contribution in [2.75, 3.05) is 32.8 Å². The molecule has 0 aromatic heterocycles. The van der Waals surface area contributed by atoms with E-state index in [4.69, 9.17) is 4.74 Å². The van der Waals surface area contributed by atoms with Gasteiger partial charge >= 0.3 is 0 Å². The zero-order valence-electron chi connectivity index (χ0n) is 10.8. The number of carbonyl (C=O) groups excluding carboxylic acids is 1. The van der Waals surface area contributed by atoms with E-state index in [2.05, 4.69) is 17.1 Å². The largest absolute Gasteiger partial charge is 0.381 e. The van der Waals surface area contributed by atoms with Gasteiger partial charge in [0.15, 0.2) is 0 Å². The Morgan fingerprint density at radius 3 is 2.82 bits per heavy atom. The standard InChI is InChI=1S/C13H24N2O2/c1-2-15-7-3-4-12(15)10-14-13(16)11-5-8-17-9-6-11/h11-12H,2-10H2,1H3,(H,14,16). The van der Waals surface area contributed by atoms with Crippen molar-refractivity contribution in [3.05, 3.63) is 0 Å². The van der Waals surface area contributed by atoms with E-state index < -0.39 is 0 Å². The summed E-state index contributed by atoms with van der Waals surface area (Å²) >= 11 is 0. The third kappa shape index (κ3) is 3.42. The predicted molar refractivity (Wildman–Crippen MR) is 66.8 cm³/mol. The Balaban J connectivity index is 1.71. The van der Waals surface area contributed by atoms with Crippen LogP contribution >= 0.6 is 0 Å². The van der Waals surface area contributed by atoms with Crippen molar-refractivity contribution in [3.63, 3.8) is 0 Å². The first-order chi connectivity index (χ1) is 8.31. The highest BCUT2D eigenvalue weighted by Crippen LogP contribution is 2.17. The fraction of sp³-hybridized carbons (Fsp3) is 0.923. The highest BCUT2D eigenvalue weighted by molar-refractivity contribution is 5.78. The molecule has 98 valence electrons. The minimum Gasteiger partial charge on any atom is -0.381 e. The topological polar surface area (TPSA) is 41.6 Å². The Bertz CT molecular complexity index is 252. The molecule has 2 fully saturated rings. The van der Waals surface area contributed by atoms with Crippen molar-refractivity contribution in [2.24, 2.45) is 5.92 Å². The molecule has 2 aliphatic heterocycles. The molecule has 0 bridgehead atoms. The number of nitrogens with zero attached hydrogens (tertiary/aromatic N) is 1. The summed E-state index contributed by atoms with van der Waals surface area (Å²) in [4.78, 5) is 14.4. The van der Waals surface area contributed by atoms with Gasteiger partial charge in [0.05, 0.1) is 0 Å². The lowest BCUT2D eigenvalue weighted by atomic mass is 9.99. The molecule has 17 heavy (non-hydrogen) atoms. The van der Waals surface area contributed by atoms with Crippen molar-refractivity contribution >= 4 is 5.91 Å². The smallest absolute Gasteiger partial charge is 0.223 e. The van der Waals surface area contributed by atoms with Crippen LogP contribution in [0, 0.1) is 5.92 Å². The predicted octanol–water partition coefficient (Wildman–Crippen LogP) is 1.01. The van der Waals surface area contributed by atoms with Crippen molar-refractivity contribution in [1.82, 2.24) is 10.2 Å². The molecule has 2 saturated heterocycles. The Morgan fingerprint density at radius 2 is 2.12 bits per heavy atom. The van der Waals surface area contributed by atoms with Crippen LogP contribution in [0.4, 0.5) is 0 Å². The van der Waals surface area contributed by atoms with Gasteiger partial charge in [-0.25, -0.2) is 0 Å². The first-order valence-corrected chi connectivity index (χ1v) is 6.90. The van der Waals surface area contributed by atoms with E-state index in [9.17, 15) is 4.79 Å². The van der Waals surface area contributed by atoms with Gasteiger partial charge in [-0.3, -0.25) is 9.69 Å². The summed E-state index contributed by atoms with van der Waals surface area (Å²) in [7, 11) is 0. The second-order valence-corrected chi connectivity index (χ2v) is 5.06. The average molecular weight is 240 g/mol. The van der Waals surface area contributed by atoms with Gasteiger partial charge in [-0.05, 0) is 38.8 Å². The monoisotopic (exact) mass is 240 g/mol. The Hall–Kier alpha value is -0.610. The van der Waals surface area contributed by atoms with Gasteiger partial charge in [0.2, 0.25) is 5.91 Å². The van der Waals surface area contributed by atoms with Crippen molar-refractivity contribution in [2.45, 2.75) is 38.6 Å². The van der Waals surface area contributed by atoms with E-state index in [1.54, 1.807) is 0 Å². The quantitative estimate of drug-likeness (QED) is 0.797. The number of nitrogens with one attached hydrogen (secondary N) is 1. The fourth-order valence-corrected chi connectivity index (χ4v) is 2.87. The Kier molecular flexibility index (Phi) is 4.80. The summed E-state index contributed by atoms with van der Waals surface area (Å²) in [6.45, 7) is 6.78. The van der Waals surface area contributed by atoms with Gasteiger partial charge in [0.1, 0.15) is 0 Å². The van der Waals surface area contributed by atoms with Crippen molar-refractivity contribution in [3.8, 4) is 0 Å². The van der Waals surface area contributed by atoms with E-state index in [-0.39, 0.29) is 11.8 Å². The van der Waals surface area contributed by atoms with Crippen LogP contribution in [0.5, 0.6) is 0 Å². The first kappa shape index (κ1) is 12.8. The highest BCUT2D eigenvalue weighted by Gasteiger charge is 2.25. The molecule has 1 unspecified atom stereocenters. The molecule has 1 atom stereocenters. The minimum absolute atomic E-state index is 0.181. The van der Waals surface area contributed by atoms with E-state index in [0.717, 1.165) is 39.1 Å². The van der Waals surface area contributed by atoms with E-state index in [1.165, 1.54) is 19.4 Å².